The lowest BCUT2D eigenvalue weighted by Crippen LogP contribution is -2.25. The Hall–Kier alpha value is -3.59. The predicted molar refractivity (Wildman–Crippen MR) is 161 cm³/mol. The van der Waals surface area contributed by atoms with Gasteiger partial charge in [-0.05, 0) is 59.0 Å². The lowest BCUT2D eigenvalue weighted by molar-refractivity contribution is 0.248. The van der Waals surface area contributed by atoms with Crippen LogP contribution in [0.25, 0.3) is 33.3 Å². The van der Waals surface area contributed by atoms with E-state index in [2.05, 4.69) is 83.2 Å². The minimum atomic E-state index is -0.293. The van der Waals surface area contributed by atoms with E-state index in [0.29, 0.717) is 27.9 Å². The van der Waals surface area contributed by atoms with Gasteiger partial charge in [0.1, 0.15) is 23.8 Å². The van der Waals surface area contributed by atoms with Crippen LogP contribution in [-0.2, 0) is 6.61 Å². The second-order valence-electron chi connectivity index (χ2n) is 8.91. The molecule has 0 radical (unpaired) electrons. The molecule has 3 aromatic carbocycles. The van der Waals surface area contributed by atoms with Crippen LogP contribution in [-0.4, -0.2) is 23.2 Å². The van der Waals surface area contributed by atoms with Crippen LogP contribution < -0.4 is 14.8 Å². The molecule has 202 valence electrons. The van der Waals surface area contributed by atoms with E-state index in [1.165, 1.54) is 12.4 Å². The number of urea groups is 1. The van der Waals surface area contributed by atoms with Crippen LogP contribution in [0.3, 0.4) is 0 Å². The Morgan fingerprint density at radius 3 is 2.36 bits per heavy atom. The van der Waals surface area contributed by atoms with E-state index in [1.54, 1.807) is 12.1 Å². The number of nitrogens with zero attached hydrogens (tertiary/aromatic N) is 1. The number of hydrogen-bond acceptors (Lipinski definition) is 5. The van der Waals surface area contributed by atoms with E-state index in [-0.39, 0.29) is 11.9 Å². The van der Waals surface area contributed by atoms with Crippen LogP contribution >= 0.6 is 36.0 Å². The Morgan fingerprint density at radius 1 is 1.05 bits per heavy atom. The first-order valence-electron chi connectivity index (χ1n) is 12.2. The van der Waals surface area contributed by atoms with E-state index in [9.17, 15) is 4.79 Å². The number of fused-ring (bicyclic) bond motifs is 1. The van der Waals surface area contributed by atoms with Gasteiger partial charge in [-0.15, -0.1) is 0 Å². The van der Waals surface area contributed by atoms with Crippen molar-refractivity contribution in [3.05, 3.63) is 94.3 Å². The van der Waals surface area contributed by atoms with Crippen molar-refractivity contribution in [3.63, 3.8) is 0 Å². The number of aromatic amines is 1. The number of H-pyrrole nitrogens is 1. The third-order valence-corrected chi connectivity index (χ3v) is 6.83. The van der Waals surface area contributed by atoms with Crippen LogP contribution in [0.5, 0.6) is 5.75 Å². The number of benzene rings is 3. The highest BCUT2D eigenvalue weighted by atomic mass is 35.5. The SMILES string of the molecule is CC(C)c1onc(-c2c(Cl)cccc2Cl)c1COc1ccc(-c2ccc3[nH]ccc3c2)cc1.CNC(=O)NS. The van der Waals surface area contributed by atoms with E-state index >= 15 is 0 Å². The molecule has 7 nitrogen and oxygen atoms in total. The molecule has 5 rings (SSSR count). The standard InChI is InChI=1S/C27H22Cl2N2O2.C2H6N2OS/c1-16(2)27-21(26(31-33-27)25-22(28)4-3-5-23(25)29)15-32-20-9-6-17(7-10-20)18-8-11-24-19(14-18)12-13-30-24;1-3-2(5)4-6/h3-14,16,30H,15H2,1-2H3;6H,1H3,(H2,3,4,5). The summed E-state index contributed by atoms with van der Waals surface area (Å²) >= 11 is 16.3. The van der Waals surface area contributed by atoms with Crippen LogP contribution in [0.1, 0.15) is 31.1 Å². The van der Waals surface area contributed by atoms with Crippen molar-refractivity contribution < 1.29 is 14.1 Å². The number of ether oxygens (including phenoxy) is 1. The second-order valence-corrected chi connectivity index (χ2v) is 9.95. The van der Waals surface area contributed by atoms with Crippen molar-refractivity contribution in [3.8, 4) is 28.1 Å². The number of rotatable bonds is 6. The fraction of sp³-hybridized carbons (Fsp3) is 0.172. The highest BCUT2D eigenvalue weighted by Crippen LogP contribution is 2.39. The monoisotopic (exact) mass is 582 g/mol. The lowest BCUT2D eigenvalue weighted by Gasteiger charge is -2.11. The predicted octanol–water partition coefficient (Wildman–Crippen LogP) is 8.26. The number of amides is 2. The summed E-state index contributed by atoms with van der Waals surface area (Å²) in [5.41, 5.74) is 5.54. The van der Waals surface area contributed by atoms with E-state index in [1.807, 2.05) is 24.4 Å². The van der Waals surface area contributed by atoms with Crippen LogP contribution in [0.4, 0.5) is 4.79 Å². The Bertz CT molecular complexity index is 1540. The summed E-state index contributed by atoms with van der Waals surface area (Å²) in [4.78, 5) is 13.1. The topological polar surface area (TPSA) is 92.2 Å². The molecule has 0 saturated heterocycles. The van der Waals surface area contributed by atoms with Gasteiger partial charge in [-0.2, -0.15) is 0 Å². The zero-order chi connectivity index (χ0) is 27.9. The smallest absolute Gasteiger partial charge is 0.324 e. The molecule has 0 unspecified atom stereocenters. The molecule has 2 aromatic heterocycles. The molecule has 2 amide bonds. The highest BCUT2D eigenvalue weighted by Gasteiger charge is 2.23. The maximum Gasteiger partial charge on any atom is 0.324 e. The van der Waals surface area contributed by atoms with Crippen molar-refractivity contribution >= 4 is 53.0 Å². The van der Waals surface area contributed by atoms with Gasteiger partial charge in [0.25, 0.3) is 0 Å². The largest absolute Gasteiger partial charge is 0.489 e. The molecular weight excluding hydrogens is 555 g/mol. The van der Waals surface area contributed by atoms with Gasteiger partial charge in [-0.3, -0.25) is 4.72 Å². The number of thiol groups is 1. The molecule has 3 N–H and O–H groups in total. The fourth-order valence-electron chi connectivity index (χ4n) is 4.02. The van der Waals surface area contributed by atoms with Gasteiger partial charge in [0.05, 0.1) is 15.6 Å². The Kier molecular flexibility index (Phi) is 9.45. The number of hydrogen-bond donors (Lipinski definition) is 4. The molecule has 2 heterocycles. The Morgan fingerprint density at radius 2 is 1.74 bits per heavy atom. The van der Waals surface area contributed by atoms with E-state index in [4.69, 9.17) is 32.5 Å². The first kappa shape index (κ1) is 28.4. The summed E-state index contributed by atoms with van der Waals surface area (Å²) in [6.45, 7) is 4.40. The normalized spacial score (nSPS) is 10.7. The summed E-state index contributed by atoms with van der Waals surface area (Å²) in [5, 5.41) is 8.81. The number of carbonyl (C=O) groups excluding carboxylic acids is 1. The van der Waals surface area contributed by atoms with Crippen LogP contribution in [0.2, 0.25) is 10.0 Å². The number of nitrogens with one attached hydrogen (secondary N) is 3. The van der Waals surface area contributed by atoms with E-state index in [0.717, 1.165) is 33.7 Å². The minimum Gasteiger partial charge on any atom is -0.489 e. The maximum absolute atomic E-state index is 9.88. The molecule has 0 aliphatic carbocycles. The summed E-state index contributed by atoms with van der Waals surface area (Å²) in [5.74, 6) is 1.66. The fourth-order valence-corrected chi connectivity index (χ4v) is 4.71. The third kappa shape index (κ3) is 6.71. The summed E-state index contributed by atoms with van der Waals surface area (Å²) in [7, 11) is 1.52. The van der Waals surface area contributed by atoms with Gasteiger partial charge in [0.2, 0.25) is 0 Å². The summed E-state index contributed by atoms with van der Waals surface area (Å²) < 4.78 is 13.9. The Balaban J connectivity index is 0.000000531. The molecule has 39 heavy (non-hydrogen) atoms. The zero-order valence-electron chi connectivity index (χ0n) is 21.6. The average molecular weight is 584 g/mol. The molecule has 0 atom stereocenters. The molecule has 0 fully saturated rings. The van der Waals surface area contributed by atoms with Crippen molar-refractivity contribution in [1.82, 2.24) is 20.2 Å². The molecule has 0 spiro atoms. The van der Waals surface area contributed by atoms with Crippen LogP contribution in [0.15, 0.2) is 77.4 Å². The van der Waals surface area contributed by atoms with Gasteiger partial charge >= 0.3 is 6.03 Å². The average Bonchev–Trinajstić information content (AvgIpc) is 3.59. The van der Waals surface area contributed by atoms with Crippen LogP contribution in [0, 0.1) is 0 Å². The zero-order valence-corrected chi connectivity index (χ0v) is 24.0. The highest BCUT2D eigenvalue weighted by molar-refractivity contribution is 7.78. The van der Waals surface area contributed by atoms with Crippen molar-refractivity contribution in [2.24, 2.45) is 0 Å². The first-order valence-corrected chi connectivity index (χ1v) is 13.4. The number of carbonyl (C=O) groups is 1. The molecule has 10 heteroatoms. The van der Waals surface area contributed by atoms with Crippen molar-refractivity contribution in [1.29, 1.82) is 0 Å². The van der Waals surface area contributed by atoms with Gasteiger partial charge in [-0.1, -0.05) is 79.3 Å². The van der Waals surface area contributed by atoms with Gasteiger partial charge in [-0.25, -0.2) is 4.79 Å². The van der Waals surface area contributed by atoms with Gasteiger partial charge in [0.15, 0.2) is 0 Å². The molecule has 0 saturated carbocycles. The summed E-state index contributed by atoms with van der Waals surface area (Å²) in [6, 6.07) is 21.6. The molecule has 0 bridgehead atoms. The lowest BCUT2D eigenvalue weighted by atomic mass is 10.0. The van der Waals surface area contributed by atoms with Crippen molar-refractivity contribution in [2.75, 3.05) is 7.05 Å². The third-order valence-electron chi connectivity index (χ3n) is 6.00. The molecule has 0 aliphatic rings. The summed E-state index contributed by atoms with van der Waals surface area (Å²) in [6.07, 6.45) is 1.95. The minimum absolute atomic E-state index is 0.136. The Labute approximate surface area is 242 Å². The van der Waals surface area contributed by atoms with Crippen molar-refractivity contribution in [2.45, 2.75) is 26.4 Å². The number of aromatic nitrogens is 2. The molecule has 0 aliphatic heterocycles. The van der Waals surface area contributed by atoms with Gasteiger partial charge < -0.3 is 19.6 Å². The molecule has 5 aromatic rings. The quantitative estimate of drug-likeness (QED) is 0.152. The second kappa shape index (κ2) is 13.0. The molecular formula is C29H28Cl2N4O3S. The first-order chi connectivity index (χ1) is 18.8. The number of halogens is 2. The van der Waals surface area contributed by atoms with E-state index < -0.39 is 0 Å². The van der Waals surface area contributed by atoms with Gasteiger partial charge in [0, 0.05) is 30.2 Å². The maximum atomic E-state index is 9.88.